The molecule has 2 atom stereocenters. The van der Waals surface area contributed by atoms with Gasteiger partial charge in [0.05, 0.1) is 25.1 Å². The molecule has 0 heterocycles. The lowest BCUT2D eigenvalue weighted by Crippen LogP contribution is -2.20. The topological polar surface area (TPSA) is 41.5 Å². The highest BCUT2D eigenvalue weighted by Crippen LogP contribution is 2.60. The van der Waals surface area contributed by atoms with Crippen LogP contribution < -0.4 is 5.32 Å². The monoisotopic (exact) mass is 288 g/mol. The highest BCUT2D eigenvalue weighted by atomic mass is 31.2. The van der Waals surface area contributed by atoms with E-state index in [1.165, 1.54) is 5.31 Å². The minimum Gasteiger partial charge on any atom is -0.382 e. The van der Waals surface area contributed by atoms with E-state index in [1.54, 1.807) is 13.3 Å². The predicted octanol–water partition coefficient (Wildman–Crippen LogP) is 3.98. The number of allylic oxidation sites excluding steroid dienone is 2. The zero-order chi connectivity index (χ0) is 15.1. The fraction of sp³-hybridized carbons (Fsp3) is 0.733. The summed E-state index contributed by atoms with van der Waals surface area (Å²) < 4.78 is 5.39. The van der Waals surface area contributed by atoms with E-state index >= 15 is 0 Å². The van der Waals surface area contributed by atoms with Gasteiger partial charge in [-0.05, 0) is 32.4 Å². The van der Waals surface area contributed by atoms with Crippen LogP contribution in [0.4, 0.5) is 0 Å². The van der Waals surface area contributed by atoms with Crippen LogP contribution in [0.3, 0.4) is 0 Å². The van der Waals surface area contributed by atoms with Crippen molar-refractivity contribution in [1.29, 1.82) is 0 Å². The molecule has 0 spiro atoms. The molecular weight excluding hydrogens is 257 g/mol. The molecule has 112 valence electrons. The van der Waals surface area contributed by atoms with E-state index in [0.29, 0.717) is 5.92 Å². The van der Waals surface area contributed by atoms with Gasteiger partial charge in [-0.25, -0.2) is 4.89 Å². The third-order valence-electron chi connectivity index (χ3n) is 3.43. The van der Waals surface area contributed by atoms with E-state index in [1.807, 2.05) is 13.3 Å². The first-order chi connectivity index (χ1) is 8.81. The fourth-order valence-corrected chi connectivity index (χ4v) is 4.54. The van der Waals surface area contributed by atoms with Crippen molar-refractivity contribution < 1.29 is 9.63 Å². The lowest BCUT2D eigenvalue weighted by Gasteiger charge is -2.26. The van der Waals surface area contributed by atoms with Crippen LogP contribution in [0.1, 0.15) is 40.0 Å². The fourth-order valence-electron chi connectivity index (χ4n) is 2.47. The summed E-state index contributed by atoms with van der Waals surface area (Å²) in [6.45, 7) is 14.0. The van der Waals surface area contributed by atoms with Crippen LogP contribution >= 0.6 is 7.49 Å². The van der Waals surface area contributed by atoms with Gasteiger partial charge in [0.1, 0.15) is 5.31 Å². The van der Waals surface area contributed by atoms with E-state index in [9.17, 15) is 4.89 Å². The Kier molecular flexibility index (Phi) is 8.56. The second kappa shape index (κ2) is 8.73. The summed E-state index contributed by atoms with van der Waals surface area (Å²) in [5.74, 6) is 0.352. The van der Waals surface area contributed by atoms with E-state index in [4.69, 9.17) is 4.74 Å². The van der Waals surface area contributed by atoms with Crippen LogP contribution in [-0.2, 0) is 4.74 Å². The highest BCUT2D eigenvalue weighted by molar-refractivity contribution is 7.73. The molecule has 0 bridgehead atoms. The maximum absolute atomic E-state index is 10.6. The molecule has 0 aliphatic heterocycles. The first-order valence-electron chi connectivity index (χ1n) is 7.02. The molecule has 0 fully saturated rings. The maximum Gasteiger partial charge on any atom is 0.166 e. The Labute approximate surface area is 119 Å². The minimum atomic E-state index is -2.05. The van der Waals surface area contributed by atoms with Gasteiger partial charge in [0.25, 0.3) is 0 Å². The number of ether oxygens (including phenoxy) is 1. The first-order valence-corrected chi connectivity index (χ1v) is 9.65. The van der Waals surface area contributed by atoms with Crippen LogP contribution in [0.25, 0.3) is 0 Å². The number of hydrogen-bond acceptors (Lipinski definition) is 3. The summed E-state index contributed by atoms with van der Waals surface area (Å²) in [5, 5.41) is 4.40. The standard InChI is InChI=1S/C15H31NO2P/c1-8-13(11-12(4)18-5)15(19(6,7)17)14(9-2)16-10-3/h10,12-13,16-17H,3,8-9,11H2,1-2,4-7H3/q+1/b15-14-/t12-,13?/m1/s1. The largest absolute Gasteiger partial charge is 0.382 e. The van der Waals surface area contributed by atoms with Crippen molar-refractivity contribution in [1.82, 2.24) is 5.32 Å². The van der Waals surface area contributed by atoms with Crippen LogP contribution in [0.2, 0.25) is 0 Å². The van der Waals surface area contributed by atoms with Gasteiger partial charge in [-0.15, -0.1) is 0 Å². The van der Waals surface area contributed by atoms with Gasteiger partial charge in [-0.2, -0.15) is 0 Å². The van der Waals surface area contributed by atoms with Crippen molar-refractivity contribution in [3.05, 3.63) is 23.8 Å². The lowest BCUT2D eigenvalue weighted by molar-refractivity contribution is 0.0995. The molecule has 3 nitrogen and oxygen atoms in total. The Morgan fingerprint density at radius 3 is 2.32 bits per heavy atom. The molecule has 0 aromatic carbocycles. The maximum atomic E-state index is 10.6. The number of nitrogens with one attached hydrogen (secondary N) is 1. The molecule has 2 N–H and O–H groups in total. The Morgan fingerprint density at radius 1 is 1.42 bits per heavy atom. The normalized spacial score (nSPS) is 16.6. The molecule has 0 aliphatic carbocycles. The lowest BCUT2D eigenvalue weighted by atomic mass is 9.97. The highest BCUT2D eigenvalue weighted by Gasteiger charge is 2.37. The second-order valence-electron chi connectivity index (χ2n) is 5.35. The molecule has 0 saturated heterocycles. The molecule has 0 aromatic rings. The third-order valence-corrected chi connectivity index (χ3v) is 5.24. The van der Waals surface area contributed by atoms with Crippen molar-refractivity contribution in [2.75, 3.05) is 20.4 Å². The third kappa shape index (κ3) is 6.07. The van der Waals surface area contributed by atoms with E-state index in [-0.39, 0.29) is 6.10 Å². The van der Waals surface area contributed by atoms with Crippen LogP contribution in [0.15, 0.2) is 23.8 Å². The van der Waals surface area contributed by atoms with Crippen LogP contribution in [-0.4, -0.2) is 31.4 Å². The number of methoxy groups -OCH3 is 1. The zero-order valence-corrected chi connectivity index (χ0v) is 14.3. The molecule has 0 radical (unpaired) electrons. The average molecular weight is 288 g/mol. The molecule has 0 aromatic heterocycles. The minimum absolute atomic E-state index is 0.202. The first kappa shape index (κ1) is 18.6. The second-order valence-corrected chi connectivity index (χ2v) is 8.62. The van der Waals surface area contributed by atoms with Gasteiger partial charge in [0.2, 0.25) is 0 Å². The summed E-state index contributed by atoms with van der Waals surface area (Å²) in [4.78, 5) is 10.6. The smallest absolute Gasteiger partial charge is 0.166 e. The number of rotatable bonds is 9. The van der Waals surface area contributed by atoms with E-state index in [0.717, 1.165) is 25.0 Å². The predicted molar refractivity (Wildman–Crippen MR) is 86.5 cm³/mol. The Morgan fingerprint density at radius 2 is 2.00 bits per heavy atom. The molecule has 1 unspecified atom stereocenters. The van der Waals surface area contributed by atoms with Crippen molar-refractivity contribution in [3.63, 3.8) is 0 Å². The van der Waals surface area contributed by atoms with Crippen LogP contribution in [0, 0.1) is 5.92 Å². The molecule has 0 amide bonds. The van der Waals surface area contributed by atoms with Gasteiger partial charge in [-0.3, -0.25) is 0 Å². The molecule has 0 aliphatic rings. The SMILES string of the molecule is C=CN/C(CC)=C(/C(CC)C[C@@H](C)OC)[P+](C)(C)O. The Bertz CT molecular complexity index is 308. The average Bonchev–Trinajstić information content (AvgIpc) is 2.34. The summed E-state index contributed by atoms with van der Waals surface area (Å²) in [7, 11) is -0.315. The van der Waals surface area contributed by atoms with Gasteiger partial charge >= 0.3 is 0 Å². The summed E-state index contributed by atoms with van der Waals surface area (Å²) in [5.41, 5.74) is 1.12. The summed E-state index contributed by atoms with van der Waals surface area (Å²) in [6.07, 6.45) is 4.72. The number of hydrogen-bond donors (Lipinski definition) is 2. The van der Waals surface area contributed by atoms with Crippen molar-refractivity contribution in [3.8, 4) is 0 Å². The Hall–Kier alpha value is -0.370. The van der Waals surface area contributed by atoms with Crippen LogP contribution in [0.5, 0.6) is 0 Å². The summed E-state index contributed by atoms with van der Waals surface area (Å²) in [6, 6.07) is 0. The molecule has 19 heavy (non-hydrogen) atoms. The van der Waals surface area contributed by atoms with E-state index < -0.39 is 7.49 Å². The summed E-state index contributed by atoms with van der Waals surface area (Å²) >= 11 is 0. The molecule has 0 rings (SSSR count). The van der Waals surface area contributed by atoms with Crippen molar-refractivity contribution in [2.24, 2.45) is 5.92 Å². The quantitative estimate of drug-likeness (QED) is 0.631. The van der Waals surface area contributed by atoms with Gasteiger partial charge < -0.3 is 10.1 Å². The van der Waals surface area contributed by atoms with E-state index in [2.05, 4.69) is 32.7 Å². The van der Waals surface area contributed by atoms with Crippen molar-refractivity contribution >= 4 is 7.49 Å². The van der Waals surface area contributed by atoms with Crippen molar-refractivity contribution in [2.45, 2.75) is 46.1 Å². The van der Waals surface area contributed by atoms with Gasteiger partial charge in [0, 0.05) is 13.0 Å². The Balaban J connectivity index is 5.49. The van der Waals surface area contributed by atoms with Gasteiger partial charge in [-0.1, -0.05) is 20.4 Å². The molecular formula is C15H31NO2P+. The van der Waals surface area contributed by atoms with Gasteiger partial charge in [0.15, 0.2) is 7.49 Å². The molecule has 4 heteroatoms. The molecule has 0 saturated carbocycles. The zero-order valence-electron chi connectivity index (χ0n) is 13.4.